The van der Waals surface area contributed by atoms with Crippen molar-refractivity contribution < 1.29 is 4.79 Å². The quantitative estimate of drug-likeness (QED) is 0.821. The van der Waals surface area contributed by atoms with E-state index in [4.69, 9.17) is 0 Å². The summed E-state index contributed by atoms with van der Waals surface area (Å²) < 4.78 is 3.22. The lowest BCUT2D eigenvalue weighted by Crippen LogP contribution is -2.41. The van der Waals surface area contributed by atoms with Gasteiger partial charge in [-0.05, 0) is 25.8 Å². The van der Waals surface area contributed by atoms with E-state index in [1.165, 1.54) is 4.57 Å². The van der Waals surface area contributed by atoms with Gasteiger partial charge < -0.3 is 9.47 Å². The molecule has 7 heteroatoms. The van der Waals surface area contributed by atoms with Crippen molar-refractivity contribution in [2.75, 3.05) is 6.54 Å². The van der Waals surface area contributed by atoms with E-state index in [2.05, 4.69) is 10.3 Å². The van der Waals surface area contributed by atoms with Gasteiger partial charge in [-0.15, -0.1) is 5.10 Å². The van der Waals surface area contributed by atoms with Crippen molar-refractivity contribution in [2.24, 2.45) is 0 Å². The fourth-order valence-electron chi connectivity index (χ4n) is 2.92. The minimum Gasteiger partial charge on any atom is -0.336 e. The molecule has 116 valence electrons. The number of pyridine rings is 1. The lowest BCUT2D eigenvalue weighted by Gasteiger charge is -2.25. The number of nitrogens with zero attached hydrogens (tertiary/aromatic N) is 5. The standard InChI is InChI=1S/C15H19N5O2/c1-12-4-2-7-18(15(12)22)11-14(21)20-8-3-5-13(20)10-19-9-6-16-17-19/h2,4,6-7,9,13H,3,5,8,10-11H2,1H3/t13-/m0/s1. The molecule has 1 fully saturated rings. The van der Waals surface area contributed by atoms with Gasteiger partial charge >= 0.3 is 0 Å². The molecule has 0 aliphatic carbocycles. The zero-order valence-electron chi connectivity index (χ0n) is 12.6. The van der Waals surface area contributed by atoms with Gasteiger partial charge in [0.2, 0.25) is 5.91 Å². The van der Waals surface area contributed by atoms with E-state index in [-0.39, 0.29) is 24.1 Å². The molecule has 2 aromatic heterocycles. The zero-order chi connectivity index (χ0) is 15.5. The third-order valence-electron chi connectivity index (χ3n) is 4.08. The second-order valence-electron chi connectivity index (χ2n) is 5.63. The third kappa shape index (κ3) is 2.93. The molecular formula is C15H19N5O2. The summed E-state index contributed by atoms with van der Waals surface area (Å²) in [5.74, 6) is -0.0182. The molecule has 0 bridgehead atoms. The monoisotopic (exact) mass is 301 g/mol. The number of carbonyl (C=O) groups is 1. The summed E-state index contributed by atoms with van der Waals surface area (Å²) in [6.45, 7) is 3.23. The van der Waals surface area contributed by atoms with E-state index in [0.29, 0.717) is 12.1 Å². The number of carbonyl (C=O) groups excluding carboxylic acids is 1. The Morgan fingerprint density at radius 2 is 2.27 bits per heavy atom. The average molecular weight is 301 g/mol. The van der Waals surface area contributed by atoms with E-state index < -0.39 is 0 Å². The fourth-order valence-corrected chi connectivity index (χ4v) is 2.92. The molecule has 1 aliphatic rings. The summed E-state index contributed by atoms with van der Waals surface area (Å²) in [5, 5.41) is 7.74. The Kier molecular flexibility index (Phi) is 4.04. The van der Waals surface area contributed by atoms with Crippen molar-refractivity contribution >= 4 is 5.91 Å². The molecule has 1 atom stereocenters. The van der Waals surface area contributed by atoms with Crippen molar-refractivity contribution in [3.05, 3.63) is 46.6 Å². The van der Waals surface area contributed by atoms with Crippen LogP contribution < -0.4 is 5.56 Å². The highest BCUT2D eigenvalue weighted by Gasteiger charge is 2.29. The van der Waals surface area contributed by atoms with Crippen LogP contribution in [-0.2, 0) is 17.9 Å². The van der Waals surface area contributed by atoms with Crippen LogP contribution in [0.1, 0.15) is 18.4 Å². The summed E-state index contributed by atoms with van der Waals surface area (Å²) in [6, 6.07) is 3.67. The lowest BCUT2D eigenvalue weighted by atomic mass is 10.2. The number of hydrogen-bond acceptors (Lipinski definition) is 4. The Morgan fingerprint density at radius 3 is 3.05 bits per heavy atom. The molecule has 1 saturated heterocycles. The second kappa shape index (κ2) is 6.13. The smallest absolute Gasteiger partial charge is 0.253 e. The van der Waals surface area contributed by atoms with Gasteiger partial charge in [0, 0.05) is 24.5 Å². The molecule has 0 N–H and O–H groups in total. The molecule has 0 spiro atoms. The maximum absolute atomic E-state index is 12.5. The Bertz CT molecular complexity index is 707. The van der Waals surface area contributed by atoms with E-state index in [9.17, 15) is 9.59 Å². The third-order valence-corrected chi connectivity index (χ3v) is 4.08. The molecule has 0 saturated carbocycles. The van der Waals surface area contributed by atoms with Gasteiger partial charge in [0.05, 0.1) is 18.8 Å². The molecule has 22 heavy (non-hydrogen) atoms. The normalized spacial score (nSPS) is 17.9. The van der Waals surface area contributed by atoms with Gasteiger partial charge in [0.15, 0.2) is 0 Å². The highest BCUT2D eigenvalue weighted by atomic mass is 16.2. The zero-order valence-corrected chi connectivity index (χ0v) is 12.6. The SMILES string of the molecule is Cc1cccn(CC(=O)N2CCC[C@H]2Cn2ccnn2)c1=O. The summed E-state index contributed by atoms with van der Waals surface area (Å²) in [7, 11) is 0. The van der Waals surface area contributed by atoms with E-state index in [0.717, 1.165) is 19.4 Å². The Morgan fingerprint density at radius 1 is 1.41 bits per heavy atom. The van der Waals surface area contributed by atoms with Crippen LogP contribution in [0.5, 0.6) is 0 Å². The van der Waals surface area contributed by atoms with Gasteiger partial charge in [-0.3, -0.25) is 14.3 Å². The highest BCUT2D eigenvalue weighted by molar-refractivity contribution is 5.76. The van der Waals surface area contributed by atoms with Crippen molar-refractivity contribution in [3.63, 3.8) is 0 Å². The van der Waals surface area contributed by atoms with E-state index in [1.54, 1.807) is 42.3 Å². The van der Waals surface area contributed by atoms with Gasteiger partial charge in [-0.25, -0.2) is 0 Å². The minimum atomic E-state index is -0.108. The van der Waals surface area contributed by atoms with E-state index in [1.807, 2.05) is 4.90 Å². The average Bonchev–Trinajstić information content (AvgIpc) is 3.16. The van der Waals surface area contributed by atoms with Gasteiger partial charge in [-0.1, -0.05) is 11.3 Å². The largest absolute Gasteiger partial charge is 0.336 e. The number of aromatic nitrogens is 4. The number of likely N-dealkylation sites (tertiary alicyclic amines) is 1. The molecular weight excluding hydrogens is 282 g/mol. The fraction of sp³-hybridized carbons (Fsp3) is 0.467. The molecule has 1 amide bonds. The van der Waals surface area contributed by atoms with Crippen LogP contribution in [-0.4, -0.2) is 43.0 Å². The lowest BCUT2D eigenvalue weighted by molar-refractivity contribution is -0.133. The Labute approximate surface area is 128 Å². The van der Waals surface area contributed by atoms with Crippen molar-refractivity contribution in [1.29, 1.82) is 0 Å². The Balaban J connectivity index is 1.71. The van der Waals surface area contributed by atoms with Crippen LogP contribution in [0.25, 0.3) is 0 Å². The molecule has 3 heterocycles. The van der Waals surface area contributed by atoms with Crippen molar-refractivity contribution in [2.45, 2.75) is 38.9 Å². The summed E-state index contributed by atoms with van der Waals surface area (Å²) in [5.41, 5.74) is 0.541. The van der Waals surface area contributed by atoms with Crippen LogP contribution in [0.4, 0.5) is 0 Å². The van der Waals surface area contributed by atoms with E-state index >= 15 is 0 Å². The molecule has 2 aromatic rings. The molecule has 0 unspecified atom stereocenters. The van der Waals surface area contributed by atoms with Crippen molar-refractivity contribution in [3.8, 4) is 0 Å². The van der Waals surface area contributed by atoms with Crippen LogP contribution in [0.15, 0.2) is 35.5 Å². The minimum absolute atomic E-state index is 0.0182. The molecule has 7 nitrogen and oxygen atoms in total. The molecule has 3 rings (SSSR count). The van der Waals surface area contributed by atoms with Gasteiger partial charge in [0.25, 0.3) is 5.56 Å². The maximum Gasteiger partial charge on any atom is 0.253 e. The van der Waals surface area contributed by atoms with Gasteiger partial charge in [0.1, 0.15) is 6.54 Å². The molecule has 0 aromatic carbocycles. The number of hydrogen-bond donors (Lipinski definition) is 0. The van der Waals surface area contributed by atoms with Crippen LogP contribution in [0.3, 0.4) is 0 Å². The number of aryl methyl sites for hydroxylation is 1. The van der Waals surface area contributed by atoms with Crippen LogP contribution in [0.2, 0.25) is 0 Å². The molecule has 1 aliphatic heterocycles. The maximum atomic E-state index is 12.5. The van der Waals surface area contributed by atoms with Gasteiger partial charge in [-0.2, -0.15) is 0 Å². The number of amides is 1. The predicted octanol–water partition coefficient (Wildman–Crippen LogP) is 0.439. The van der Waals surface area contributed by atoms with Crippen molar-refractivity contribution in [1.82, 2.24) is 24.5 Å². The summed E-state index contributed by atoms with van der Waals surface area (Å²) in [6.07, 6.45) is 7.03. The first-order valence-electron chi connectivity index (χ1n) is 7.45. The van der Waals surface area contributed by atoms with Crippen LogP contribution >= 0.6 is 0 Å². The Hall–Kier alpha value is -2.44. The summed E-state index contributed by atoms with van der Waals surface area (Å²) in [4.78, 5) is 26.4. The topological polar surface area (TPSA) is 73.0 Å². The first kappa shape index (κ1) is 14.5. The summed E-state index contributed by atoms with van der Waals surface area (Å²) >= 11 is 0. The predicted molar refractivity (Wildman–Crippen MR) is 80.2 cm³/mol. The molecule has 0 radical (unpaired) electrons. The second-order valence-corrected chi connectivity index (χ2v) is 5.63. The first-order chi connectivity index (χ1) is 10.6. The highest BCUT2D eigenvalue weighted by Crippen LogP contribution is 2.19. The van der Waals surface area contributed by atoms with Crippen LogP contribution in [0, 0.1) is 6.92 Å². The first-order valence-corrected chi connectivity index (χ1v) is 7.45. The number of rotatable bonds is 4.